The van der Waals surface area contributed by atoms with Gasteiger partial charge < -0.3 is 20.9 Å². The van der Waals surface area contributed by atoms with Crippen LogP contribution in [-0.2, 0) is 6.54 Å². The van der Waals surface area contributed by atoms with E-state index in [1.807, 2.05) is 12.5 Å². The van der Waals surface area contributed by atoms with Crippen LogP contribution in [0.15, 0.2) is 25.0 Å². The Morgan fingerprint density at radius 1 is 0.727 bits per heavy atom. The van der Waals surface area contributed by atoms with Crippen molar-refractivity contribution in [1.82, 2.24) is 19.5 Å². The maximum atomic E-state index is 6.26. The topological polar surface area (TPSA) is 93.7 Å². The van der Waals surface area contributed by atoms with Gasteiger partial charge in [0.05, 0.1) is 6.33 Å². The third-order valence-corrected chi connectivity index (χ3v) is 6.15. The second-order valence-electron chi connectivity index (χ2n) is 9.09. The molecule has 33 heavy (non-hydrogen) atoms. The molecule has 2 rings (SSSR count). The lowest BCUT2D eigenvalue weighted by Crippen LogP contribution is -2.12. The van der Waals surface area contributed by atoms with Crippen molar-refractivity contribution in [3.05, 3.63) is 25.0 Å². The zero-order chi connectivity index (χ0) is 23.4. The van der Waals surface area contributed by atoms with Gasteiger partial charge >= 0.3 is 0 Å². The highest BCUT2D eigenvalue weighted by Gasteiger charge is 2.07. The maximum absolute atomic E-state index is 6.26. The quantitative estimate of drug-likeness (QED) is 0.182. The highest BCUT2D eigenvalue weighted by atomic mass is 15.1. The minimum Gasteiger partial charge on any atom is -0.393 e. The summed E-state index contributed by atoms with van der Waals surface area (Å²) in [5.74, 6) is 1.44. The van der Waals surface area contributed by atoms with E-state index in [2.05, 4.69) is 37.1 Å². The van der Waals surface area contributed by atoms with Gasteiger partial charge in [0.25, 0.3) is 0 Å². The van der Waals surface area contributed by atoms with E-state index in [0.717, 1.165) is 38.3 Å². The first-order valence-electron chi connectivity index (χ1n) is 13.3. The molecule has 0 amide bonds. The number of imidazole rings is 1. The average molecular weight is 458 g/mol. The first kappa shape index (κ1) is 26.9. The van der Waals surface area contributed by atoms with Crippen LogP contribution in [0, 0.1) is 0 Å². The number of aromatic nitrogens is 4. The van der Waals surface area contributed by atoms with Crippen molar-refractivity contribution in [1.29, 1.82) is 0 Å². The molecule has 0 aliphatic heterocycles. The summed E-state index contributed by atoms with van der Waals surface area (Å²) in [7, 11) is 0. The lowest BCUT2D eigenvalue weighted by Gasteiger charge is -2.12. The Balaban J connectivity index is 1.44. The summed E-state index contributed by atoms with van der Waals surface area (Å²) in [4.78, 5) is 12.7. The van der Waals surface area contributed by atoms with Gasteiger partial charge in [0.2, 0.25) is 0 Å². The van der Waals surface area contributed by atoms with E-state index in [1.54, 1.807) is 12.5 Å². The first-order valence-corrected chi connectivity index (χ1v) is 13.3. The minimum atomic E-state index is 0.602. The molecular weight excluding hydrogens is 410 g/mol. The van der Waals surface area contributed by atoms with E-state index >= 15 is 0 Å². The van der Waals surface area contributed by atoms with Gasteiger partial charge in [-0.05, 0) is 12.8 Å². The van der Waals surface area contributed by atoms with Crippen LogP contribution in [0.2, 0.25) is 0 Å². The average Bonchev–Trinajstić information content (AvgIpc) is 3.34. The number of nitrogens with two attached hydrogens (primary N) is 1. The van der Waals surface area contributed by atoms with E-state index in [9.17, 15) is 0 Å². The number of nitrogens with zero attached hydrogens (tertiary/aromatic N) is 4. The molecular formula is C26H47N7. The molecule has 0 spiro atoms. The molecule has 0 unspecified atom stereocenters. The molecule has 2 aromatic heterocycles. The number of unbranched alkanes of at least 4 members (excludes halogenated alkanes) is 13. The lowest BCUT2D eigenvalue weighted by atomic mass is 10.0. The molecule has 7 nitrogen and oxygen atoms in total. The van der Waals surface area contributed by atoms with Crippen LogP contribution >= 0.6 is 0 Å². The number of nitrogens with one attached hydrogen (secondary N) is 2. The maximum Gasteiger partial charge on any atom is 0.154 e. The summed E-state index contributed by atoms with van der Waals surface area (Å²) in [5.41, 5.74) is 6.86. The fourth-order valence-electron chi connectivity index (χ4n) is 4.09. The molecule has 0 fully saturated rings. The monoisotopic (exact) mass is 457 g/mol. The molecule has 0 saturated carbocycles. The van der Waals surface area contributed by atoms with Crippen molar-refractivity contribution in [2.24, 2.45) is 0 Å². The van der Waals surface area contributed by atoms with E-state index in [4.69, 9.17) is 5.73 Å². The molecule has 0 aliphatic rings. The zero-order valence-electron chi connectivity index (χ0n) is 20.9. The summed E-state index contributed by atoms with van der Waals surface area (Å²) in [6, 6.07) is 0. The van der Waals surface area contributed by atoms with Crippen LogP contribution in [0.1, 0.15) is 103 Å². The first-order chi connectivity index (χ1) is 16.3. The number of rotatable bonds is 21. The van der Waals surface area contributed by atoms with Gasteiger partial charge in [-0.15, -0.1) is 0 Å². The lowest BCUT2D eigenvalue weighted by molar-refractivity contribution is 0.537. The summed E-state index contributed by atoms with van der Waals surface area (Å²) in [6.45, 7) is 4.91. The standard InChI is InChI=1S/C26H47N7/c1-2-3-4-5-6-7-8-9-10-11-12-13-14-15-17-29-25-24(27)26(32-22-31-25)30-18-16-20-33-21-19-28-23-33/h19,21-23H,2-18,20,27H2,1H3,(H2,29,30,31,32). The van der Waals surface area contributed by atoms with Crippen molar-refractivity contribution in [2.45, 2.75) is 110 Å². The predicted octanol–water partition coefficient (Wildman–Crippen LogP) is 6.65. The molecule has 0 atom stereocenters. The third kappa shape index (κ3) is 12.5. The van der Waals surface area contributed by atoms with E-state index in [0.29, 0.717) is 11.5 Å². The van der Waals surface area contributed by atoms with E-state index in [1.165, 1.54) is 83.5 Å². The summed E-state index contributed by atoms with van der Waals surface area (Å²) in [5, 5.41) is 6.70. The summed E-state index contributed by atoms with van der Waals surface area (Å²) < 4.78 is 2.06. The number of anilines is 3. The Morgan fingerprint density at radius 3 is 1.76 bits per heavy atom. The van der Waals surface area contributed by atoms with Gasteiger partial charge in [0.15, 0.2) is 11.6 Å². The molecule has 2 heterocycles. The SMILES string of the molecule is CCCCCCCCCCCCCCCCNc1ncnc(NCCCn2ccnc2)c1N. The van der Waals surface area contributed by atoms with Crippen LogP contribution in [0.3, 0.4) is 0 Å². The molecule has 0 bridgehead atoms. The second kappa shape index (κ2) is 18.2. The van der Waals surface area contributed by atoms with Crippen LogP contribution in [0.25, 0.3) is 0 Å². The number of nitrogen functional groups attached to an aromatic ring is 1. The van der Waals surface area contributed by atoms with Crippen molar-refractivity contribution in [2.75, 3.05) is 29.5 Å². The molecule has 0 saturated heterocycles. The van der Waals surface area contributed by atoms with Crippen molar-refractivity contribution < 1.29 is 0 Å². The van der Waals surface area contributed by atoms with Crippen LogP contribution in [-0.4, -0.2) is 32.6 Å². The molecule has 0 aliphatic carbocycles. The van der Waals surface area contributed by atoms with Crippen LogP contribution in [0.4, 0.5) is 17.3 Å². The fourth-order valence-corrected chi connectivity index (χ4v) is 4.09. The fraction of sp³-hybridized carbons (Fsp3) is 0.731. The predicted molar refractivity (Wildman–Crippen MR) is 141 cm³/mol. The van der Waals surface area contributed by atoms with Gasteiger partial charge in [-0.2, -0.15) is 0 Å². The Kier molecular flexibility index (Phi) is 14.8. The van der Waals surface area contributed by atoms with Crippen LogP contribution < -0.4 is 16.4 Å². The normalized spacial score (nSPS) is 11.1. The van der Waals surface area contributed by atoms with Gasteiger partial charge in [-0.3, -0.25) is 0 Å². The Hall–Kier alpha value is -2.31. The van der Waals surface area contributed by atoms with Gasteiger partial charge in [0.1, 0.15) is 12.0 Å². The van der Waals surface area contributed by atoms with Crippen LogP contribution in [0.5, 0.6) is 0 Å². The summed E-state index contributed by atoms with van der Waals surface area (Å²) in [6.07, 6.45) is 27.4. The largest absolute Gasteiger partial charge is 0.393 e. The zero-order valence-corrected chi connectivity index (χ0v) is 20.9. The molecule has 0 radical (unpaired) electrons. The van der Waals surface area contributed by atoms with E-state index < -0.39 is 0 Å². The number of aryl methyl sites for hydroxylation is 1. The van der Waals surface area contributed by atoms with Gasteiger partial charge in [-0.25, -0.2) is 15.0 Å². The molecule has 0 aromatic carbocycles. The van der Waals surface area contributed by atoms with Gasteiger partial charge in [0, 0.05) is 32.0 Å². The van der Waals surface area contributed by atoms with E-state index in [-0.39, 0.29) is 0 Å². The second-order valence-corrected chi connectivity index (χ2v) is 9.09. The number of hydrogen-bond acceptors (Lipinski definition) is 6. The van der Waals surface area contributed by atoms with Crippen molar-refractivity contribution >= 4 is 17.3 Å². The van der Waals surface area contributed by atoms with Crippen molar-refractivity contribution in [3.8, 4) is 0 Å². The van der Waals surface area contributed by atoms with Gasteiger partial charge in [-0.1, -0.05) is 90.4 Å². The Labute approximate surface area is 201 Å². The molecule has 4 N–H and O–H groups in total. The highest BCUT2D eigenvalue weighted by Crippen LogP contribution is 2.22. The smallest absolute Gasteiger partial charge is 0.154 e. The Bertz CT molecular complexity index is 703. The highest BCUT2D eigenvalue weighted by molar-refractivity contribution is 5.73. The summed E-state index contributed by atoms with van der Waals surface area (Å²) >= 11 is 0. The Morgan fingerprint density at radius 2 is 1.24 bits per heavy atom. The third-order valence-electron chi connectivity index (χ3n) is 6.15. The molecule has 186 valence electrons. The molecule has 7 heteroatoms. The van der Waals surface area contributed by atoms with Crippen molar-refractivity contribution in [3.63, 3.8) is 0 Å². The molecule has 2 aromatic rings. The minimum absolute atomic E-state index is 0.602. The number of hydrogen-bond donors (Lipinski definition) is 3.